The summed E-state index contributed by atoms with van der Waals surface area (Å²) in [6, 6.07) is 5.83. The van der Waals surface area contributed by atoms with Gasteiger partial charge in [0.2, 0.25) is 0 Å². The summed E-state index contributed by atoms with van der Waals surface area (Å²) >= 11 is 0. The van der Waals surface area contributed by atoms with Crippen molar-refractivity contribution in [2.45, 2.75) is 58.8 Å². The number of aromatic nitrogens is 3. The number of nitrogens with two attached hydrogens (primary N) is 1. The lowest BCUT2D eigenvalue weighted by Crippen LogP contribution is -2.49. The number of nitriles is 1. The molecule has 26 heavy (non-hydrogen) atoms. The van der Waals surface area contributed by atoms with Crippen LogP contribution in [0.1, 0.15) is 53.1 Å². The lowest BCUT2D eigenvalue weighted by atomic mass is 9.83. The second-order valence-electron chi connectivity index (χ2n) is 7.67. The Balaban J connectivity index is 2.23. The highest BCUT2D eigenvalue weighted by Crippen LogP contribution is 2.27. The summed E-state index contributed by atoms with van der Waals surface area (Å²) in [6.07, 6.45) is 1.68. The smallest absolute Gasteiger partial charge is 0.311 e. The molecule has 0 fully saturated rings. The molecular weight excluding hydrogens is 329 g/mol. The van der Waals surface area contributed by atoms with E-state index < -0.39 is 11.2 Å². The summed E-state index contributed by atoms with van der Waals surface area (Å²) in [5, 5.41) is 24.0. The maximum atomic E-state index is 10.2. The average Bonchev–Trinajstić information content (AvgIpc) is 2.89. The van der Waals surface area contributed by atoms with Crippen LogP contribution in [-0.4, -0.2) is 38.6 Å². The minimum absolute atomic E-state index is 0.0487. The van der Waals surface area contributed by atoms with Crippen LogP contribution in [0.4, 0.5) is 5.82 Å². The summed E-state index contributed by atoms with van der Waals surface area (Å²) in [7, 11) is 0.317. The van der Waals surface area contributed by atoms with E-state index in [0.717, 1.165) is 5.46 Å². The predicted octanol–water partition coefficient (Wildman–Crippen LogP) is 1.52. The third kappa shape index (κ3) is 3.89. The lowest BCUT2D eigenvalue weighted by Gasteiger charge is -2.37. The summed E-state index contributed by atoms with van der Waals surface area (Å²) in [4.78, 5) is 4.41. The zero-order valence-corrected chi connectivity index (χ0v) is 16.2. The molecule has 0 aromatic carbocycles. The van der Waals surface area contributed by atoms with Gasteiger partial charge < -0.3 is 15.5 Å². The van der Waals surface area contributed by atoms with E-state index in [1.807, 2.05) is 33.8 Å². The van der Waals surface area contributed by atoms with Crippen LogP contribution in [0.5, 0.6) is 0 Å². The molecule has 0 aliphatic carbocycles. The summed E-state index contributed by atoms with van der Waals surface area (Å²) in [6.45, 7) is 11.0. The zero-order chi connectivity index (χ0) is 19.7. The average molecular weight is 355 g/mol. The zero-order valence-electron chi connectivity index (χ0n) is 16.2. The predicted molar refractivity (Wildman–Crippen MR) is 103 cm³/mol. The molecule has 0 radical (unpaired) electrons. The van der Waals surface area contributed by atoms with Gasteiger partial charge in [0.25, 0.3) is 0 Å². The fraction of sp³-hybridized carbons (Fsp3) is 0.500. The van der Waals surface area contributed by atoms with Crippen LogP contribution >= 0.6 is 0 Å². The van der Waals surface area contributed by atoms with Crippen molar-refractivity contribution >= 4 is 18.8 Å². The molecule has 2 heterocycles. The minimum atomic E-state index is -0.969. The molecule has 0 spiro atoms. The van der Waals surface area contributed by atoms with Gasteiger partial charge in [-0.1, -0.05) is 6.07 Å². The van der Waals surface area contributed by atoms with E-state index in [2.05, 4.69) is 16.2 Å². The van der Waals surface area contributed by atoms with Gasteiger partial charge in [-0.3, -0.25) is 4.98 Å². The van der Waals surface area contributed by atoms with Crippen LogP contribution in [0.3, 0.4) is 0 Å². The van der Waals surface area contributed by atoms with E-state index in [0.29, 0.717) is 30.3 Å². The molecule has 0 saturated heterocycles. The van der Waals surface area contributed by atoms with E-state index in [4.69, 9.17) is 10.4 Å². The van der Waals surface area contributed by atoms with Crippen molar-refractivity contribution in [3.8, 4) is 17.5 Å². The summed E-state index contributed by atoms with van der Waals surface area (Å²) in [5.74, 6) is 0.346. The lowest BCUT2D eigenvalue weighted by molar-refractivity contribution is -0.0893. The van der Waals surface area contributed by atoms with Crippen LogP contribution < -0.4 is 11.2 Å². The summed E-state index contributed by atoms with van der Waals surface area (Å²) in [5.41, 5.74) is 6.60. The van der Waals surface area contributed by atoms with Gasteiger partial charge in [-0.2, -0.15) is 10.4 Å². The molecule has 7 nitrogen and oxygen atoms in total. The van der Waals surface area contributed by atoms with Crippen molar-refractivity contribution in [1.29, 1.82) is 5.26 Å². The number of anilines is 1. The van der Waals surface area contributed by atoms with Crippen LogP contribution in [-0.2, 0) is 4.65 Å². The van der Waals surface area contributed by atoms with Gasteiger partial charge in [0.05, 0.1) is 16.9 Å². The Hall–Kier alpha value is -2.37. The topological polar surface area (TPSA) is 110 Å². The SMILES string of the molecule is CC(C)n1nc(-c2ccc(BOC(C)(C)C(C)(C)O)cn2)c(C#N)c1N. The second-order valence-corrected chi connectivity index (χ2v) is 7.67. The van der Waals surface area contributed by atoms with Crippen molar-refractivity contribution < 1.29 is 9.76 Å². The van der Waals surface area contributed by atoms with Gasteiger partial charge >= 0.3 is 7.48 Å². The number of nitrogens with zero attached hydrogens (tertiary/aromatic N) is 4. The largest absolute Gasteiger partial charge is 0.427 e. The quantitative estimate of drug-likeness (QED) is 0.761. The molecule has 8 heteroatoms. The Labute approximate surface area is 155 Å². The molecule has 3 N–H and O–H groups in total. The number of rotatable bonds is 6. The summed E-state index contributed by atoms with van der Waals surface area (Å²) < 4.78 is 7.47. The van der Waals surface area contributed by atoms with Crippen molar-refractivity contribution in [1.82, 2.24) is 14.8 Å². The number of nitrogen functional groups attached to an aromatic ring is 1. The highest BCUT2D eigenvalue weighted by Gasteiger charge is 2.35. The number of pyridine rings is 1. The van der Waals surface area contributed by atoms with Gasteiger partial charge in [0.15, 0.2) is 0 Å². The fourth-order valence-electron chi connectivity index (χ4n) is 2.22. The van der Waals surface area contributed by atoms with Crippen LogP contribution in [0.25, 0.3) is 11.4 Å². The normalized spacial score (nSPS) is 12.3. The first-order valence-corrected chi connectivity index (χ1v) is 8.57. The van der Waals surface area contributed by atoms with E-state index in [1.54, 1.807) is 30.8 Å². The van der Waals surface area contributed by atoms with E-state index in [9.17, 15) is 10.4 Å². The number of hydrogen-bond acceptors (Lipinski definition) is 6. The molecule has 0 aliphatic heterocycles. The van der Waals surface area contributed by atoms with Gasteiger partial charge in [0, 0.05) is 12.2 Å². The van der Waals surface area contributed by atoms with Crippen molar-refractivity contribution in [2.24, 2.45) is 0 Å². The molecule has 0 unspecified atom stereocenters. The standard InChI is InChI=1S/C18H26BN5O2/c1-11(2)24-16(21)13(9-20)15(23-24)14-8-7-12(10-22-14)19-26-18(5,6)17(3,4)25/h7-8,10-11,19,25H,21H2,1-6H3. The third-order valence-electron chi connectivity index (χ3n) is 4.69. The Bertz CT molecular complexity index is 814. The van der Waals surface area contributed by atoms with Gasteiger partial charge in [-0.05, 0) is 53.1 Å². The second kappa shape index (κ2) is 7.10. The van der Waals surface area contributed by atoms with Gasteiger partial charge in [0.1, 0.15) is 23.1 Å². The maximum absolute atomic E-state index is 10.2. The number of aliphatic hydroxyl groups is 1. The maximum Gasteiger partial charge on any atom is 0.311 e. The first-order chi connectivity index (χ1) is 12.0. The Morgan fingerprint density at radius 3 is 2.42 bits per heavy atom. The molecular formula is C18H26BN5O2. The molecule has 0 atom stereocenters. The van der Waals surface area contributed by atoms with Crippen molar-refractivity contribution in [2.75, 3.05) is 5.73 Å². The molecule has 2 aromatic rings. The molecule has 0 aliphatic rings. The van der Waals surface area contributed by atoms with Gasteiger partial charge in [-0.15, -0.1) is 0 Å². The highest BCUT2D eigenvalue weighted by atomic mass is 16.5. The molecule has 0 saturated carbocycles. The van der Waals surface area contributed by atoms with Crippen LogP contribution in [0.15, 0.2) is 18.3 Å². The van der Waals surface area contributed by atoms with E-state index in [-0.39, 0.29) is 6.04 Å². The van der Waals surface area contributed by atoms with E-state index in [1.165, 1.54) is 0 Å². The fourth-order valence-corrected chi connectivity index (χ4v) is 2.22. The molecule has 0 amide bonds. The van der Waals surface area contributed by atoms with Crippen LogP contribution in [0, 0.1) is 11.3 Å². The monoisotopic (exact) mass is 355 g/mol. The molecule has 2 rings (SSSR count). The number of hydrogen-bond donors (Lipinski definition) is 2. The van der Waals surface area contributed by atoms with E-state index >= 15 is 0 Å². The molecule has 138 valence electrons. The third-order valence-corrected chi connectivity index (χ3v) is 4.69. The van der Waals surface area contributed by atoms with Crippen molar-refractivity contribution in [3.63, 3.8) is 0 Å². The first kappa shape index (κ1) is 20.0. The molecule has 2 aromatic heterocycles. The van der Waals surface area contributed by atoms with Crippen LogP contribution in [0.2, 0.25) is 0 Å². The molecule has 0 bridgehead atoms. The Morgan fingerprint density at radius 2 is 1.96 bits per heavy atom. The highest BCUT2D eigenvalue weighted by molar-refractivity contribution is 6.46. The first-order valence-electron chi connectivity index (χ1n) is 8.57. The van der Waals surface area contributed by atoms with Crippen molar-refractivity contribution in [3.05, 3.63) is 23.9 Å². The van der Waals surface area contributed by atoms with Gasteiger partial charge in [-0.25, -0.2) is 4.68 Å². The minimum Gasteiger partial charge on any atom is -0.427 e. The Kier molecular flexibility index (Phi) is 5.45. The Morgan fingerprint density at radius 1 is 1.31 bits per heavy atom.